The van der Waals surface area contributed by atoms with Crippen molar-refractivity contribution in [2.75, 3.05) is 5.32 Å². The lowest BCUT2D eigenvalue weighted by molar-refractivity contribution is -0.131. The fraction of sp³-hybridized carbons (Fsp3) is 0.0769. The Morgan fingerprint density at radius 1 is 0.733 bits per heavy atom. The van der Waals surface area contributed by atoms with Gasteiger partial charge in [0.25, 0.3) is 5.91 Å². The van der Waals surface area contributed by atoms with E-state index in [2.05, 4.69) is 10.3 Å². The second-order valence-electron chi connectivity index (χ2n) is 7.13. The number of benzene rings is 3. The summed E-state index contributed by atoms with van der Waals surface area (Å²) in [6.45, 7) is 0. The molecule has 2 N–H and O–H groups in total. The number of hydrogen-bond donors (Lipinski definition) is 2. The molecule has 3 aromatic carbocycles. The number of nitrogens with zero attached hydrogens (tertiary/aromatic N) is 1. The molecule has 0 saturated heterocycles. The molecule has 0 saturated carbocycles. The van der Waals surface area contributed by atoms with Gasteiger partial charge in [0, 0.05) is 18.1 Å². The van der Waals surface area contributed by atoms with Crippen LogP contribution in [0.3, 0.4) is 0 Å². The number of pyridine rings is 1. The minimum Gasteiger partial charge on any atom is -0.372 e. The number of hydrogen-bond acceptors (Lipinski definition) is 3. The fourth-order valence-corrected chi connectivity index (χ4v) is 3.45. The molecule has 0 aliphatic rings. The Bertz CT molecular complexity index is 1060. The Morgan fingerprint density at radius 3 is 1.77 bits per heavy atom. The molecule has 0 unspecified atom stereocenters. The van der Waals surface area contributed by atoms with Gasteiger partial charge in [-0.25, -0.2) is 0 Å². The summed E-state index contributed by atoms with van der Waals surface area (Å²) >= 11 is 0. The van der Waals surface area contributed by atoms with Crippen molar-refractivity contribution in [1.82, 2.24) is 4.98 Å². The van der Waals surface area contributed by atoms with Crippen LogP contribution in [-0.4, -0.2) is 16.0 Å². The van der Waals surface area contributed by atoms with Crippen molar-refractivity contribution in [3.05, 3.63) is 132 Å². The second kappa shape index (κ2) is 8.72. The summed E-state index contributed by atoms with van der Waals surface area (Å²) in [5.74, 6) is -0.498. The van der Waals surface area contributed by atoms with E-state index in [4.69, 9.17) is 0 Å². The monoisotopic (exact) mass is 394 g/mol. The van der Waals surface area contributed by atoms with Crippen molar-refractivity contribution in [3.63, 3.8) is 0 Å². The number of carbonyl (C=O) groups is 1. The lowest BCUT2D eigenvalue weighted by Gasteiger charge is -2.28. The van der Waals surface area contributed by atoms with Gasteiger partial charge < -0.3 is 10.4 Å². The third-order valence-electron chi connectivity index (χ3n) is 5.08. The summed E-state index contributed by atoms with van der Waals surface area (Å²) in [5.41, 5.74) is 2.16. The van der Waals surface area contributed by atoms with E-state index in [0.717, 1.165) is 12.0 Å². The molecule has 4 heteroatoms. The maximum absolute atomic E-state index is 13.2. The summed E-state index contributed by atoms with van der Waals surface area (Å²) in [4.78, 5) is 17.3. The molecule has 4 nitrogen and oxygen atoms in total. The summed E-state index contributed by atoms with van der Waals surface area (Å²) < 4.78 is 0. The molecule has 1 heterocycles. The molecule has 0 radical (unpaired) electrons. The molecule has 1 amide bonds. The maximum atomic E-state index is 13.2. The van der Waals surface area contributed by atoms with Crippen molar-refractivity contribution < 1.29 is 9.90 Å². The highest BCUT2D eigenvalue weighted by molar-refractivity contribution is 6.00. The van der Waals surface area contributed by atoms with Crippen LogP contribution in [0.1, 0.15) is 22.3 Å². The Balaban J connectivity index is 1.57. The van der Waals surface area contributed by atoms with Crippen LogP contribution in [0.4, 0.5) is 5.69 Å². The van der Waals surface area contributed by atoms with Crippen LogP contribution in [0, 0.1) is 0 Å². The number of amides is 1. The Morgan fingerprint density at radius 2 is 1.23 bits per heavy atom. The second-order valence-corrected chi connectivity index (χ2v) is 7.13. The average molecular weight is 394 g/mol. The molecule has 1 aromatic heterocycles. The number of nitrogens with one attached hydrogen (secondary N) is 1. The smallest absolute Gasteiger partial charge is 0.265 e. The molecule has 148 valence electrons. The van der Waals surface area contributed by atoms with Crippen LogP contribution in [-0.2, 0) is 16.8 Å². The first kappa shape index (κ1) is 19.6. The Labute approximate surface area is 175 Å². The maximum Gasteiger partial charge on any atom is 0.265 e. The van der Waals surface area contributed by atoms with E-state index in [9.17, 15) is 9.90 Å². The molecule has 4 aromatic rings. The Kier molecular flexibility index (Phi) is 5.68. The minimum atomic E-state index is -1.79. The molecule has 0 atom stereocenters. The zero-order valence-corrected chi connectivity index (χ0v) is 16.4. The third-order valence-corrected chi connectivity index (χ3v) is 5.08. The molecule has 0 aliphatic heterocycles. The predicted molar refractivity (Wildman–Crippen MR) is 118 cm³/mol. The summed E-state index contributed by atoms with van der Waals surface area (Å²) in [6, 6.07) is 29.6. The van der Waals surface area contributed by atoms with E-state index in [1.807, 2.05) is 72.8 Å². The van der Waals surface area contributed by atoms with Crippen molar-refractivity contribution >= 4 is 11.6 Å². The summed E-state index contributed by atoms with van der Waals surface area (Å²) in [6.07, 6.45) is 4.34. The van der Waals surface area contributed by atoms with Gasteiger partial charge in [0.15, 0.2) is 5.60 Å². The first-order chi connectivity index (χ1) is 14.7. The molecule has 0 bridgehead atoms. The number of rotatable bonds is 6. The largest absolute Gasteiger partial charge is 0.372 e. The summed E-state index contributed by atoms with van der Waals surface area (Å²) in [5, 5.41) is 14.4. The van der Waals surface area contributed by atoms with Gasteiger partial charge in [0.05, 0.1) is 0 Å². The highest BCUT2D eigenvalue weighted by Crippen LogP contribution is 2.31. The van der Waals surface area contributed by atoms with Crippen LogP contribution in [0.25, 0.3) is 0 Å². The van der Waals surface area contributed by atoms with E-state index in [0.29, 0.717) is 16.8 Å². The fourth-order valence-electron chi connectivity index (χ4n) is 3.45. The Hall–Kier alpha value is -3.76. The van der Waals surface area contributed by atoms with Crippen molar-refractivity contribution in [2.24, 2.45) is 0 Å². The normalized spacial score (nSPS) is 11.1. The first-order valence-electron chi connectivity index (χ1n) is 9.79. The van der Waals surface area contributed by atoms with Crippen molar-refractivity contribution in [3.8, 4) is 0 Å². The minimum absolute atomic E-state index is 0.498. The SMILES string of the molecule is O=C(Nc1ccc(Cc2ccncc2)cc1)C(O)(c1ccccc1)c1ccccc1. The zero-order valence-electron chi connectivity index (χ0n) is 16.4. The molecule has 30 heavy (non-hydrogen) atoms. The average Bonchev–Trinajstić information content (AvgIpc) is 2.81. The number of anilines is 1. The van der Waals surface area contributed by atoms with Gasteiger partial charge in [0.2, 0.25) is 0 Å². The number of carbonyl (C=O) groups excluding carboxylic acids is 1. The van der Waals surface area contributed by atoms with Crippen LogP contribution in [0.5, 0.6) is 0 Å². The zero-order chi connectivity index (χ0) is 20.8. The standard InChI is InChI=1S/C26H22N2O2/c29-25(26(30,22-7-3-1-4-8-22)23-9-5-2-6-10-23)28-24-13-11-20(12-14-24)19-21-15-17-27-18-16-21/h1-18,30H,19H2,(H,28,29). The van der Waals surface area contributed by atoms with Crippen LogP contribution < -0.4 is 5.32 Å². The topological polar surface area (TPSA) is 62.2 Å². The summed E-state index contributed by atoms with van der Waals surface area (Å²) in [7, 11) is 0. The van der Waals surface area contributed by atoms with Gasteiger partial charge >= 0.3 is 0 Å². The van der Waals surface area contributed by atoms with Gasteiger partial charge in [0.1, 0.15) is 0 Å². The number of aliphatic hydroxyl groups is 1. The third kappa shape index (κ3) is 4.14. The van der Waals surface area contributed by atoms with E-state index >= 15 is 0 Å². The van der Waals surface area contributed by atoms with E-state index in [1.165, 1.54) is 5.56 Å². The highest BCUT2D eigenvalue weighted by atomic mass is 16.3. The van der Waals surface area contributed by atoms with Crippen LogP contribution in [0.2, 0.25) is 0 Å². The van der Waals surface area contributed by atoms with Crippen LogP contribution >= 0.6 is 0 Å². The molecule has 4 rings (SSSR count). The van der Waals surface area contributed by atoms with Crippen molar-refractivity contribution in [1.29, 1.82) is 0 Å². The van der Waals surface area contributed by atoms with E-state index in [1.54, 1.807) is 36.7 Å². The quantitative estimate of drug-likeness (QED) is 0.504. The van der Waals surface area contributed by atoms with Crippen molar-refractivity contribution in [2.45, 2.75) is 12.0 Å². The van der Waals surface area contributed by atoms with Crippen LogP contribution in [0.15, 0.2) is 109 Å². The highest BCUT2D eigenvalue weighted by Gasteiger charge is 2.39. The van der Waals surface area contributed by atoms with Gasteiger partial charge in [-0.2, -0.15) is 0 Å². The molecule has 0 aliphatic carbocycles. The number of aromatic nitrogens is 1. The van der Waals surface area contributed by atoms with Gasteiger partial charge in [-0.15, -0.1) is 0 Å². The predicted octanol–water partition coefficient (Wildman–Crippen LogP) is 4.55. The lowest BCUT2D eigenvalue weighted by Crippen LogP contribution is -2.41. The van der Waals surface area contributed by atoms with E-state index in [-0.39, 0.29) is 0 Å². The van der Waals surface area contributed by atoms with E-state index < -0.39 is 11.5 Å². The van der Waals surface area contributed by atoms with Gasteiger partial charge in [-0.3, -0.25) is 9.78 Å². The molecular weight excluding hydrogens is 372 g/mol. The molecule has 0 spiro atoms. The van der Waals surface area contributed by atoms with Gasteiger partial charge in [-0.05, 0) is 52.9 Å². The van der Waals surface area contributed by atoms with Gasteiger partial charge in [-0.1, -0.05) is 72.8 Å². The molecule has 0 fully saturated rings. The lowest BCUT2D eigenvalue weighted by atomic mass is 9.85. The first-order valence-corrected chi connectivity index (χ1v) is 9.79. The molecular formula is C26H22N2O2.